The minimum atomic E-state index is -0.484. The van der Waals surface area contributed by atoms with E-state index in [4.69, 9.17) is 19.4 Å². The molecule has 0 atom stereocenters. The standard InChI is InChI=1S/C20H14N4O4S/c1-26-15-8-11-10-4-2-3-5-13(10)27-14(11)9-12(15)23-19(25)16-17(24-28-18(16)21)20-22-6-7-29-20/h2-9H,21H2,1H3,(H,23,25). The number of para-hydroxylation sites is 1. The highest BCUT2D eigenvalue weighted by molar-refractivity contribution is 7.13. The van der Waals surface area contributed by atoms with Gasteiger partial charge in [-0.15, -0.1) is 11.3 Å². The molecule has 0 radical (unpaired) electrons. The van der Waals surface area contributed by atoms with Crippen LogP contribution in [-0.2, 0) is 0 Å². The molecule has 5 aromatic rings. The molecule has 5 rings (SSSR count). The second kappa shape index (κ2) is 6.64. The third kappa shape index (κ3) is 2.79. The maximum atomic E-state index is 13.0. The first kappa shape index (κ1) is 17.3. The molecule has 0 aliphatic heterocycles. The van der Waals surface area contributed by atoms with Crippen molar-refractivity contribution in [3.63, 3.8) is 0 Å². The first-order valence-corrected chi connectivity index (χ1v) is 9.49. The molecule has 9 heteroatoms. The normalized spacial score (nSPS) is 11.2. The van der Waals surface area contributed by atoms with Crippen molar-refractivity contribution < 1.29 is 18.5 Å². The highest BCUT2D eigenvalue weighted by Gasteiger charge is 2.25. The first-order valence-electron chi connectivity index (χ1n) is 8.61. The van der Waals surface area contributed by atoms with Gasteiger partial charge in [0.1, 0.15) is 27.5 Å². The number of hydrogen-bond acceptors (Lipinski definition) is 8. The van der Waals surface area contributed by atoms with Crippen LogP contribution in [0.5, 0.6) is 5.75 Å². The van der Waals surface area contributed by atoms with Gasteiger partial charge in [-0.25, -0.2) is 4.98 Å². The number of methoxy groups -OCH3 is 1. The van der Waals surface area contributed by atoms with Crippen molar-refractivity contribution in [2.24, 2.45) is 0 Å². The number of nitrogens with zero attached hydrogens (tertiary/aromatic N) is 2. The largest absolute Gasteiger partial charge is 0.495 e. The summed E-state index contributed by atoms with van der Waals surface area (Å²) in [6.07, 6.45) is 1.62. The van der Waals surface area contributed by atoms with E-state index in [-0.39, 0.29) is 11.4 Å². The number of carbonyl (C=O) groups excluding carboxylic acids is 1. The van der Waals surface area contributed by atoms with Gasteiger partial charge in [0, 0.05) is 28.4 Å². The van der Waals surface area contributed by atoms with E-state index in [1.165, 1.54) is 18.4 Å². The van der Waals surface area contributed by atoms with Gasteiger partial charge in [-0.2, -0.15) is 0 Å². The monoisotopic (exact) mass is 406 g/mol. The van der Waals surface area contributed by atoms with E-state index in [0.29, 0.717) is 27.7 Å². The molecule has 3 heterocycles. The molecule has 0 saturated carbocycles. The third-order valence-corrected chi connectivity index (χ3v) is 5.31. The van der Waals surface area contributed by atoms with E-state index in [9.17, 15) is 4.79 Å². The fourth-order valence-corrected chi connectivity index (χ4v) is 3.83. The van der Waals surface area contributed by atoms with Crippen molar-refractivity contribution in [2.45, 2.75) is 0 Å². The van der Waals surface area contributed by atoms with E-state index in [1.54, 1.807) is 17.6 Å². The Balaban J connectivity index is 1.58. The van der Waals surface area contributed by atoms with Gasteiger partial charge in [-0.05, 0) is 12.1 Å². The van der Waals surface area contributed by atoms with Crippen LogP contribution in [0.1, 0.15) is 10.4 Å². The van der Waals surface area contributed by atoms with Crippen molar-refractivity contribution in [2.75, 3.05) is 18.2 Å². The van der Waals surface area contributed by atoms with Crippen molar-refractivity contribution >= 4 is 50.8 Å². The number of nitrogens with one attached hydrogen (secondary N) is 1. The highest BCUT2D eigenvalue weighted by atomic mass is 32.1. The summed E-state index contributed by atoms with van der Waals surface area (Å²) in [6.45, 7) is 0. The van der Waals surface area contributed by atoms with Crippen molar-refractivity contribution in [3.8, 4) is 16.5 Å². The van der Waals surface area contributed by atoms with Gasteiger partial charge in [-0.3, -0.25) is 4.79 Å². The van der Waals surface area contributed by atoms with Gasteiger partial charge in [0.2, 0.25) is 5.88 Å². The van der Waals surface area contributed by atoms with Crippen molar-refractivity contribution in [3.05, 3.63) is 53.5 Å². The summed E-state index contributed by atoms with van der Waals surface area (Å²) in [5.41, 5.74) is 8.08. The second-order valence-electron chi connectivity index (χ2n) is 6.21. The summed E-state index contributed by atoms with van der Waals surface area (Å²) in [4.78, 5) is 17.2. The zero-order chi connectivity index (χ0) is 20.0. The molecule has 0 unspecified atom stereocenters. The Bertz CT molecular complexity index is 1350. The van der Waals surface area contributed by atoms with Crippen LogP contribution in [0, 0.1) is 0 Å². The van der Waals surface area contributed by atoms with Crippen LogP contribution in [0.25, 0.3) is 32.6 Å². The number of fused-ring (bicyclic) bond motifs is 3. The van der Waals surface area contributed by atoms with Gasteiger partial charge in [0.25, 0.3) is 5.91 Å². The summed E-state index contributed by atoms with van der Waals surface area (Å²) < 4.78 is 16.4. The van der Waals surface area contributed by atoms with E-state index in [2.05, 4.69) is 15.5 Å². The van der Waals surface area contributed by atoms with Crippen LogP contribution >= 0.6 is 11.3 Å². The zero-order valence-electron chi connectivity index (χ0n) is 15.1. The van der Waals surface area contributed by atoms with Crippen LogP contribution in [-0.4, -0.2) is 23.2 Å². The number of nitrogens with two attached hydrogens (primary N) is 1. The Morgan fingerprint density at radius 2 is 2.07 bits per heavy atom. The molecule has 0 saturated heterocycles. The molecule has 3 aromatic heterocycles. The lowest BCUT2D eigenvalue weighted by molar-refractivity contribution is 0.102. The predicted octanol–water partition coefficient (Wildman–Crippen LogP) is 4.54. The smallest absolute Gasteiger partial charge is 0.263 e. The number of ether oxygens (including phenoxy) is 1. The first-order chi connectivity index (χ1) is 14.2. The highest BCUT2D eigenvalue weighted by Crippen LogP contribution is 2.37. The summed E-state index contributed by atoms with van der Waals surface area (Å²) in [7, 11) is 1.54. The molecule has 1 amide bonds. The predicted molar refractivity (Wildman–Crippen MR) is 110 cm³/mol. The minimum Gasteiger partial charge on any atom is -0.495 e. The number of furan rings is 1. The van der Waals surface area contributed by atoms with E-state index >= 15 is 0 Å². The molecule has 29 heavy (non-hydrogen) atoms. The average molecular weight is 406 g/mol. The van der Waals surface area contributed by atoms with Crippen LogP contribution in [0.15, 0.2) is 56.9 Å². The molecular weight excluding hydrogens is 392 g/mol. The third-order valence-electron chi connectivity index (χ3n) is 4.53. The van der Waals surface area contributed by atoms with Crippen LogP contribution in [0.2, 0.25) is 0 Å². The Labute approximate surface area is 167 Å². The molecule has 0 aliphatic rings. The van der Waals surface area contributed by atoms with Gasteiger partial charge in [-0.1, -0.05) is 23.4 Å². The Hall–Kier alpha value is -3.85. The summed E-state index contributed by atoms with van der Waals surface area (Å²) in [5, 5.41) is 10.9. The Kier molecular flexibility index (Phi) is 3.95. The molecule has 0 fully saturated rings. The number of hydrogen-bond donors (Lipinski definition) is 2. The van der Waals surface area contributed by atoms with E-state index in [0.717, 1.165) is 16.4 Å². The molecule has 144 valence electrons. The fraction of sp³-hybridized carbons (Fsp3) is 0.0500. The summed E-state index contributed by atoms with van der Waals surface area (Å²) in [6, 6.07) is 11.2. The number of aromatic nitrogens is 2. The van der Waals surface area contributed by atoms with Gasteiger partial charge >= 0.3 is 0 Å². The lowest BCUT2D eigenvalue weighted by Crippen LogP contribution is -2.14. The molecule has 8 nitrogen and oxygen atoms in total. The SMILES string of the molecule is COc1cc2c(cc1NC(=O)c1c(-c3nccs3)noc1N)oc1ccccc12. The number of carbonyl (C=O) groups is 1. The topological polar surface area (TPSA) is 116 Å². The number of anilines is 2. The Morgan fingerprint density at radius 3 is 2.86 bits per heavy atom. The van der Waals surface area contributed by atoms with Gasteiger partial charge < -0.3 is 24.7 Å². The average Bonchev–Trinajstić information content (AvgIpc) is 3.45. The lowest BCUT2D eigenvalue weighted by Gasteiger charge is -2.10. The van der Waals surface area contributed by atoms with Gasteiger partial charge in [0.05, 0.1) is 12.8 Å². The number of thiazole rings is 1. The summed E-state index contributed by atoms with van der Waals surface area (Å²) >= 11 is 1.33. The number of nitrogen functional groups attached to an aromatic ring is 1. The van der Waals surface area contributed by atoms with Crippen molar-refractivity contribution in [1.82, 2.24) is 10.1 Å². The summed E-state index contributed by atoms with van der Waals surface area (Å²) in [5.74, 6) is -0.0811. The van der Waals surface area contributed by atoms with E-state index < -0.39 is 5.91 Å². The van der Waals surface area contributed by atoms with Crippen LogP contribution < -0.4 is 15.8 Å². The lowest BCUT2D eigenvalue weighted by atomic mass is 10.1. The Morgan fingerprint density at radius 1 is 1.21 bits per heavy atom. The quantitative estimate of drug-likeness (QED) is 0.450. The van der Waals surface area contributed by atoms with Crippen LogP contribution in [0.3, 0.4) is 0 Å². The molecule has 0 bridgehead atoms. The molecule has 2 aromatic carbocycles. The molecular formula is C20H14N4O4S. The van der Waals surface area contributed by atoms with E-state index in [1.807, 2.05) is 30.3 Å². The number of rotatable bonds is 4. The molecule has 0 spiro atoms. The minimum absolute atomic E-state index is 0.0866. The van der Waals surface area contributed by atoms with Crippen LogP contribution in [0.4, 0.5) is 11.6 Å². The molecule has 3 N–H and O–H groups in total. The number of amides is 1. The van der Waals surface area contributed by atoms with Gasteiger partial charge in [0.15, 0.2) is 5.69 Å². The second-order valence-corrected chi connectivity index (χ2v) is 7.10. The maximum absolute atomic E-state index is 13.0. The zero-order valence-corrected chi connectivity index (χ0v) is 15.9. The number of benzene rings is 2. The maximum Gasteiger partial charge on any atom is 0.263 e. The fourth-order valence-electron chi connectivity index (χ4n) is 3.21. The van der Waals surface area contributed by atoms with Crippen molar-refractivity contribution in [1.29, 1.82) is 0 Å². The molecule has 0 aliphatic carbocycles.